The third kappa shape index (κ3) is 2.97. The van der Waals surface area contributed by atoms with E-state index in [1.165, 1.54) is 11.1 Å². The summed E-state index contributed by atoms with van der Waals surface area (Å²) >= 11 is 6.11. The molecule has 3 heteroatoms. The molecule has 2 aromatic carbocycles. The van der Waals surface area contributed by atoms with E-state index >= 15 is 0 Å². The highest BCUT2D eigenvalue weighted by atomic mass is 35.5. The fourth-order valence-corrected chi connectivity index (χ4v) is 2.70. The van der Waals surface area contributed by atoms with E-state index in [9.17, 15) is 0 Å². The van der Waals surface area contributed by atoms with Gasteiger partial charge in [-0.05, 0) is 55.3 Å². The second-order valence-corrected chi connectivity index (χ2v) is 5.70. The van der Waals surface area contributed by atoms with Gasteiger partial charge in [0.1, 0.15) is 11.5 Å². The molecule has 0 atom stereocenters. The first kappa shape index (κ1) is 13.5. The van der Waals surface area contributed by atoms with Gasteiger partial charge in [0.25, 0.3) is 0 Å². The summed E-state index contributed by atoms with van der Waals surface area (Å²) in [5.41, 5.74) is 2.42. The molecule has 0 N–H and O–H groups in total. The van der Waals surface area contributed by atoms with Crippen molar-refractivity contribution < 1.29 is 4.74 Å². The van der Waals surface area contributed by atoms with Gasteiger partial charge in [-0.15, -0.1) is 0 Å². The molecule has 3 rings (SSSR count). The smallest absolute Gasteiger partial charge is 0.130 e. The van der Waals surface area contributed by atoms with Gasteiger partial charge in [-0.25, -0.2) is 0 Å². The normalized spacial score (nSPS) is 15.9. The van der Waals surface area contributed by atoms with Crippen molar-refractivity contribution in [1.29, 1.82) is 0 Å². The van der Waals surface area contributed by atoms with E-state index < -0.39 is 0 Å². The number of rotatable bonds is 0. The molecule has 2 nitrogen and oxygen atoms in total. The SMILES string of the molecule is CN1CCc2ccccc2Oc2ccc(Cl)cc2CC1. The molecular formula is C17H18ClNO. The number of halogens is 1. The number of hydrogen-bond donors (Lipinski definition) is 0. The zero-order chi connectivity index (χ0) is 13.9. The molecule has 0 amide bonds. The minimum atomic E-state index is 0.764. The van der Waals surface area contributed by atoms with Gasteiger partial charge in [0.2, 0.25) is 0 Å². The van der Waals surface area contributed by atoms with Crippen molar-refractivity contribution in [2.45, 2.75) is 12.8 Å². The molecule has 2 aromatic rings. The number of benzene rings is 2. The van der Waals surface area contributed by atoms with Crippen molar-refractivity contribution >= 4 is 11.6 Å². The van der Waals surface area contributed by atoms with Crippen LogP contribution in [0, 0.1) is 0 Å². The molecule has 0 aromatic heterocycles. The maximum atomic E-state index is 6.13. The maximum Gasteiger partial charge on any atom is 0.130 e. The van der Waals surface area contributed by atoms with Gasteiger partial charge in [-0.2, -0.15) is 0 Å². The van der Waals surface area contributed by atoms with E-state index in [0.29, 0.717) is 0 Å². The summed E-state index contributed by atoms with van der Waals surface area (Å²) in [6.07, 6.45) is 1.96. The Bertz CT molecular complexity index is 612. The minimum Gasteiger partial charge on any atom is -0.457 e. The molecule has 0 saturated carbocycles. The fourth-order valence-electron chi connectivity index (χ4n) is 2.51. The molecule has 0 saturated heterocycles. The van der Waals surface area contributed by atoms with Crippen LogP contribution in [0.5, 0.6) is 11.5 Å². The largest absolute Gasteiger partial charge is 0.457 e. The molecule has 20 heavy (non-hydrogen) atoms. The molecule has 0 spiro atoms. The molecule has 0 fully saturated rings. The Morgan fingerprint density at radius 2 is 1.65 bits per heavy atom. The molecule has 1 aliphatic rings. The van der Waals surface area contributed by atoms with Gasteiger partial charge < -0.3 is 9.64 Å². The number of nitrogens with zero attached hydrogens (tertiary/aromatic N) is 1. The van der Waals surface area contributed by atoms with Crippen LogP contribution in [-0.2, 0) is 12.8 Å². The first-order chi connectivity index (χ1) is 9.72. The lowest BCUT2D eigenvalue weighted by atomic mass is 10.1. The van der Waals surface area contributed by atoms with Crippen LogP contribution in [0.2, 0.25) is 5.02 Å². The van der Waals surface area contributed by atoms with Crippen molar-refractivity contribution in [3.63, 3.8) is 0 Å². The predicted octanol–water partition coefficient (Wildman–Crippen LogP) is 4.16. The van der Waals surface area contributed by atoms with Gasteiger partial charge >= 0.3 is 0 Å². The summed E-state index contributed by atoms with van der Waals surface area (Å²) < 4.78 is 6.13. The lowest BCUT2D eigenvalue weighted by molar-refractivity contribution is 0.335. The van der Waals surface area contributed by atoms with Gasteiger partial charge in [0.05, 0.1) is 0 Å². The van der Waals surface area contributed by atoms with Crippen LogP contribution in [-0.4, -0.2) is 25.0 Å². The van der Waals surface area contributed by atoms with E-state index in [1.807, 2.05) is 30.3 Å². The summed E-state index contributed by atoms with van der Waals surface area (Å²) in [4.78, 5) is 2.35. The van der Waals surface area contributed by atoms with Gasteiger partial charge in [0.15, 0.2) is 0 Å². The number of likely N-dealkylation sites (N-methyl/N-ethyl adjacent to an activating group) is 1. The second kappa shape index (κ2) is 5.86. The van der Waals surface area contributed by atoms with Crippen LogP contribution < -0.4 is 4.74 Å². The van der Waals surface area contributed by atoms with Crippen molar-refractivity contribution in [2.24, 2.45) is 0 Å². The van der Waals surface area contributed by atoms with Crippen molar-refractivity contribution in [1.82, 2.24) is 4.90 Å². The summed E-state index contributed by atoms with van der Waals surface area (Å²) in [5, 5.41) is 0.764. The van der Waals surface area contributed by atoms with E-state index in [0.717, 1.165) is 42.5 Å². The van der Waals surface area contributed by atoms with Crippen LogP contribution in [0.15, 0.2) is 42.5 Å². The third-order valence-electron chi connectivity index (χ3n) is 3.74. The molecule has 0 unspecified atom stereocenters. The topological polar surface area (TPSA) is 12.5 Å². The summed E-state index contributed by atoms with van der Waals surface area (Å²) in [6, 6.07) is 14.1. The Kier molecular flexibility index (Phi) is 3.95. The van der Waals surface area contributed by atoms with Crippen molar-refractivity contribution in [3.8, 4) is 11.5 Å². The summed E-state index contributed by atoms with van der Waals surface area (Å²) in [6.45, 7) is 2.05. The Morgan fingerprint density at radius 3 is 2.50 bits per heavy atom. The third-order valence-corrected chi connectivity index (χ3v) is 3.98. The summed E-state index contributed by atoms with van der Waals surface area (Å²) in [7, 11) is 2.16. The standard InChI is InChI=1S/C17H18ClNO/c1-19-10-8-13-4-2-3-5-16(13)20-17-7-6-15(18)12-14(17)9-11-19/h2-7,12H,8-11H2,1H3. The lowest BCUT2D eigenvalue weighted by Gasteiger charge is -2.21. The average molecular weight is 288 g/mol. The number of para-hydroxylation sites is 1. The highest BCUT2D eigenvalue weighted by Crippen LogP contribution is 2.31. The monoisotopic (exact) mass is 287 g/mol. The first-order valence-electron chi connectivity index (χ1n) is 6.95. The molecule has 104 valence electrons. The van der Waals surface area contributed by atoms with E-state index in [2.05, 4.69) is 24.1 Å². The number of hydrogen-bond acceptors (Lipinski definition) is 2. The van der Waals surface area contributed by atoms with Crippen LogP contribution >= 0.6 is 11.6 Å². The predicted molar refractivity (Wildman–Crippen MR) is 82.9 cm³/mol. The van der Waals surface area contributed by atoms with E-state index in [-0.39, 0.29) is 0 Å². The molecular weight excluding hydrogens is 270 g/mol. The fraction of sp³-hybridized carbons (Fsp3) is 0.294. The van der Waals surface area contributed by atoms with Crippen molar-refractivity contribution in [3.05, 3.63) is 58.6 Å². The molecule has 1 aliphatic heterocycles. The van der Waals surface area contributed by atoms with Gasteiger partial charge in [0, 0.05) is 18.1 Å². The Morgan fingerprint density at radius 1 is 0.950 bits per heavy atom. The van der Waals surface area contributed by atoms with Crippen LogP contribution in [0.25, 0.3) is 0 Å². The highest BCUT2D eigenvalue weighted by molar-refractivity contribution is 6.30. The van der Waals surface area contributed by atoms with Gasteiger partial charge in [-0.3, -0.25) is 0 Å². The zero-order valence-corrected chi connectivity index (χ0v) is 12.4. The van der Waals surface area contributed by atoms with Crippen LogP contribution in [0.3, 0.4) is 0 Å². The maximum absolute atomic E-state index is 6.13. The zero-order valence-electron chi connectivity index (χ0n) is 11.6. The second-order valence-electron chi connectivity index (χ2n) is 5.27. The number of ether oxygens (including phenoxy) is 1. The molecule has 0 bridgehead atoms. The Hall–Kier alpha value is -1.51. The molecule has 0 radical (unpaired) electrons. The van der Waals surface area contributed by atoms with Crippen LogP contribution in [0.4, 0.5) is 0 Å². The van der Waals surface area contributed by atoms with Crippen molar-refractivity contribution in [2.75, 3.05) is 20.1 Å². The summed E-state index contributed by atoms with van der Waals surface area (Å²) in [5.74, 6) is 1.86. The van der Waals surface area contributed by atoms with E-state index in [1.54, 1.807) is 0 Å². The van der Waals surface area contributed by atoms with Crippen LogP contribution in [0.1, 0.15) is 11.1 Å². The van der Waals surface area contributed by atoms with Gasteiger partial charge in [-0.1, -0.05) is 29.8 Å². The minimum absolute atomic E-state index is 0.764. The molecule has 1 heterocycles. The Balaban J connectivity index is 2.03. The lowest BCUT2D eigenvalue weighted by Crippen LogP contribution is -2.24. The van der Waals surface area contributed by atoms with E-state index in [4.69, 9.17) is 16.3 Å². The highest BCUT2D eigenvalue weighted by Gasteiger charge is 2.13. The molecule has 0 aliphatic carbocycles. The quantitative estimate of drug-likeness (QED) is 0.721. The first-order valence-corrected chi connectivity index (χ1v) is 7.33. The number of fused-ring (bicyclic) bond motifs is 2. The Labute approximate surface area is 124 Å². The average Bonchev–Trinajstić information content (AvgIpc) is 2.46.